The number of carboxylic acids is 1. The van der Waals surface area contributed by atoms with E-state index < -0.39 is 66.9 Å². The molecule has 2 N–H and O–H groups in total. The number of aryl methyl sites for hydroxylation is 1. The number of nitro groups is 1. The van der Waals surface area contributed by atoms with Gasteiger partial charge in [0.2, 0.25) is 5.91 Å². The lowest BCUT2D eigenvalue weighted by molar-refractivity contribution is -0.384. The Hall–Kier alpha value is -4.82. The molecule has 2 amide bonds. The molecule has 260 valence electrons. The average molecular weight is 692 g/mol. The molecule has 0 radical (unpaired) electrons. The number of nitrogens with zero attached hydrogens (tertiary/aromatic N) is 2. The van der Waals surface area contributed by atoms with Crippen molar-refractivity contribution in [3.63, 3.8) is 0 Å². The summed E-state index contributed by atoms with van der Waals surface area (Å²) in [5.74, 6) is -2.43. The number of hydrogen-bond acceptors (Lipinski definition) is 9. The first kappa shape index (κ1) is 35.5. The number of non-ortho nitro benzene ring substituents is 1. The molecule has 5 rings (SSSR count). The van der Waals surface area contributed by atoms with Crippen LogP contribution in [0, 0.1) is 28.4 Å². The van der Waals surface area contributed by atoms with E-state index in [-0.39, 0.29) is 39.7 Å². The first-order valence-electron chi connectivity index (χ1n) is 15.9. The molecule has 0 saturated carbocycles. The maximum absolute atomic E-state index is 13.8. The number of amides is 2. The number of benzene rings is 2. The van der Waals surface area contributed by atoms with Crippen LogP contribution in [0.25, 0.3) is 11.0 Å². The smallest absolute Gasteiger partial charge is 0.411 e. The Balaban J connectivity index is 1.47. The fourth-order valence-corrected chi connectivity index (χ4v) is 8.17. The molecule has 1 saturated heterocycles. The van der Waals surface area contributed by atoms with Gasteiger partial charge in [-0.3, -0.25) is 20.2 Å². The minimum absolute atomic E-state index is 0.0971. The van der Waals surface area contributed by atoms with Crippen molar-refractivity contribution >= 4 is 48.6 Å². The number of fused-ring (bicyclic) bond motifs is 2. The van der Waals surface area contributed by atoms with Gasteiger partial charge in [-0.1, -0.05) is 39.8 Å². The van der Waals surface area contributed by atoms with Crippen molar-refractivity contribution in [3.8, 4) is 0 Å². The highest BCUT2D eigenvalue weighted by molar-refractivity contribution is 6.74. The third-order valence-corrected chi connectivity index (χ3v) is 14.8. The van der Waals surface area contributed by atoms with E-state index in [4.69, 9.17) is 13.6 Å². The normalized spacial score (nSPS) is 21.3. The van der Waals surface area contributed by atoms with Gasteiger partial charge in [0.25, 0.3) is 5.69 Å². The number of anilines is 1. The largest absolute Gasteiger partial charge is 0.477 e. The first-order chi connectivity index (χ1) is 22.7. The molecular formula is C35H41N3O10Si. The predicted octanol–water partition coefficient (Wildman–Crippen LogP) is 6.40. The zero-order chi connectivity index (χ0) is 36.2. The van der Waals surface area contributed by atoms with Crippen molar-refractivity contribution in [3.05, 3.63) is 91.5 Å². The highest BCUT2D eigenvalue weighted by atomic mass is 28.4. The van der Waals surface area contributed by atoms with Crippen LogP contribution in [0.3, 0.4) is 0 Å². The number of nitro benzene ring substituents is 1. The van der Waals surface area contributed by atoms with Gasteiger partial charge in [0.1, 0.15) is 17.9 Å². The van der Waals surface area contributed by atoms with Crippen LogP contribution in [0.4, 0.5) is 16.2 Å². The van der Waals surface area contributed by atoms with Crippen molar-refractivity contribution in [1.29, 1.82) is 0 Å². The Morgan fingerprint density at radius 1 is 1.14 bits per heavy atom. The molecule has 0 bridgehead atoms. The van der Waals surface area contributed by atoms with Gasteiger partial charge in [0.15, 0.2) is 8.32 Å². The molecule has 2 aliphatic rings. The number of hydrogen-bond donors (Lipinski definition) is 2. The summed E-state index contributed by atoms with van der Waals surface area (Å²) in [5.41, 5.74) is 0.224. The monoisotopic (exact) mass is 691 g/mol. The number of nitrogens with one attached hydrogen (secondary N) is 1. The van der Waals surface area contributed by atoms with Crippen LogP contribution in [-0.2, 0) is 25.2 Å². The maximum atomic E-state index is 13.8. The van der Waals surface area contributed by atoms with Crippen LogP contribution >= 0.6 is 0 Å². The highest BCUT2D eigenvalue weighted by Crippen LogP contribution is 2.56. The van der Waals surface area contributed by atoms with E-state index in [0.29, 0.717) is 16.5 Å². The quantitative estimate of drug-likeness (QED) is 0.0795. The topological polar surface area (TPSA) is 179 Å². The molecule has 1 aromatic heterocycles. The van der Waals surface area contributed by atoms with Crippen LogP contribution < -0.4 is 10.9 Å². The molecule has 0 aliphatic carbocycles. The lowest BCUT2D eigenvalue weighted by Gasteiger charge is -2.53. The number of carboxylic acid groups (broad SMARTS) is 1. The summed E-state index contributed by atoms with van der Waals surface area (Å²) in [7, 11) is -2.34. The Kier molecular flexibility index (Phi) is 9.10. The lowest BCUT2D eigenvalue weighted by atomic mass is 9.65. The van der Waals surface area contributed by atoms with E-state index in [9.17, 15) is 34.4 Å². The summed E-state index contributed by atoms with van der Waals surface area (Å²) in [6, 6.07) is 11.5. The second-order valence-electron chi connectivity index (χ2n) is 14.6. The summed E-state index contributed by atoms with van der Waals surface area (Å²) in [6.45, 7) is 15.4. The van der Waals surface area contributed by atoms with E-state index >= 15 is 0 Å². The van der Waals surface area contributed by atoms with E-state index in [1.54, 1.807) is 31.2 Å². The number of rotatable bonds is 10. The minimum Gasteiger partial charge on any atom is -0.477 e. The Bertz CT molecular complexity index is 1950. The molecule has 13 nitrogen and oxygen atoms in total. The summed E-state index contributed by atoms with van der Waals surface area (Å²) in [5, 5.41) is 24.9. The average Bonchev–Trinajstić information content (AvgIpc) is 3.19. The Morgan fingerprint density at radius 3 is 2.39 bits per heavy atom. The van der Waals surface area contributed by atoms with E-state index in [1.165, 1.54) is 29.2 Å². The van der Waals surface area contributed by atoms with Gasteiger partial charge >= 0.3 is 17.7 Å². The molecule has 4 atom stereocenters. The second kappa shape index (κ2) is 12.6. The standard InChI is InChI=1S/C35H41N3O10Si/c1-19-15-27(39)47-26-16-22(11-14-24(19)26)36-33(43)46-18-25-29(32(41)42)37-30(28(31(37)40)20(2)48-49(7,8)34(3,4)5)35(25,6)17-21-9-12-23(13-10-21)38(44)45/h9-16,20,28,30H,17-18H2,1-8H3,(H,36,43)(H,41,42)/t20-,28-,30-,35+/m1/s1. The predicted molar refractivity (Wildman–Crippen MR) is 184 cm³/mol. The Labute approximate surface area is 284 Å². The number of β-lactam (4-membered cyclic amide) rings is 1. The van der Waals surface area contributed by atoms with Crippen LogP contribution in [-0.4, -0.2) is 60.0 Å². The molecule has 2 aliphatic heterocycles. The lowest BCUT2D eigenvalue weighted by Crippen LogP contribution is -2.67. The van der Waals surface area contributed by atoms with Gasteiger partial charge < -0.3 is 23.6 Å². The van der Waals surface area contributed by atoms with Crippen LogP contribution in [0.15, 0.2) is 69.0 Å². The van der Waals surface area contributed by atoms with E-state index in [2.05, 4.69) is 39.2 Å². The van der Waals surface area contributed by atoms with Gasteiger partial charge in [0.05, 0.1) is 23.0 Å². The molecule has 0 unspecified atom stereocenters. The zero-order valence-electron chi connectivity index (χ0n) is 28.8. The van der Waals surface area contributed by atoms with Crippen molar-refractivity contribution in [2.45, 2.75) is 78.2 Å². The van der Waals surface area contributed by atoms with Gasteiger partial charge in [0, 0.05) is 46.3 Å². The van der Waals surface area contributed by atoms with E-state index in [0.717, 1.165) is 0 Å². The number of aliphatic carboxylic acids is 1. The minimum atomic E-state index is -2.34. The molecule has 2 aromatic carbocycles. The van der Waals surface area contributed by atoms with Crippen LogP contribution in [0.5, 0.6) is 0 Å². The number of carbonyl (C=O) groups is 3. The number of carbonyl (C=O) groups excluding carboxylic acids is 2. The molecular weight excluding hydrogens is 650 g/mol. The summed E-state index contributed by atoms with van der Waals surface area (Å²) in [6.07, 6.45) is -1.24. The first-order valence-corrected chi connectivity index (χ1v) is 18.9. The van der Waals surface area contributed by atoms with Crippen molar-refractivity contribution in [1.82, 2.24) is 4.90 Å². The van der Waals surface area contributed by atoms with Gasteiger partial charge in [-0.2, -0.15) is 0 Å². The SMILES string of the molecule is Cc1cc(=O)oc2cc(NC(=O)OCC3=C(C(=O)O)N4C(=O)[C@H]([C@@H](C)O[Si](C)(C)C(C)(C)C)[C@@H]4[C@@]3(C)Cc3ccc([N+](=O)[O-])cc3)ccc12. The number of ether oxygens (including phenoxy) is 1. The zero-order valence-corrected chi connectivity index (χ0v) is 29.8. The molecule has 49 heavy (non-hydrogen) atoms. The van der Waals surface area contributed by atoms with Crippen LogP contribution in [0.2, 0.25) is 18.1 Å². The molecule has 0 spiro atoms. The maximum Gasteiger partial charge on any atom is 0.411 e. The van der Waals surface area contributed by atoms with Gasteiger partial charge in [-0.25, -0.2) is 14.4 Å². The van der Waals surface area contributed by atoms with Gasteiger partial charge in [-0.15, -0.1) is 0 Å². The molecule has 3 heterocycles. The highest BCUT2D eigenvalue weighted by Gasteiger charge is 2.66. The molecule has 1 fully saturated rings. The van der Waals surface area contributed by atoms with E-state index in [1.807, 2.05) is 13.8 Å². The fraction of sp³-hybridized carbons (Fsp3) is 0.429. The van der Waals surface area contributed by atoms with Gasteiger partial charge in [-0.05, 0) is 61.7 Å². The summed E-state index contributed by atoms with van der Waals surface area (Å²) in [4.78, 5) is 63.7. The Morgan fingerprint density at radius 2 is 1.80 bits per heavy atom. The van der Waals surface area contributed by atoms with Crippen molar-refractivity contribution in [2.75, 3.05) is 11.9 Å². The van der Waals surface area contributed by atoms with Crippen molar-refractivity contribution < 1.29 is 38.0 Å². The molecule has 14 heteroatoms. The second-order valence-corrected chi connectivity index (χ2v) is 19.3. The summed E-state index contributed by atoms with van der Waals surface area (Å²) >= 11 is 0. The summed E-state index contributed by atoms with van der Waals surface area (Å²) < 4.78 is 17.5. The molecule has 3 aromatic rings. The van der Waals surface area contributed by atoms with Crippen molar-refractivity contribution in [2.24, 2.45) is 11.3 Å². The van der Waals surface area contributed by atoms with Crippen LogP contribution in [0.1, 0.15) is 45.7 Å². The third-order valence-electron chi connectivity index (χ3n) is 10.3. The third kappa shape index (κ3) is 6.49. The fourth-order valence-electron chi connectivity index (χ4n) is 6.74.